The first-order valence-electron chi connectivity index (χ1n) is 5.75. The summed E-state index contributed by atoms with van der Waals surface area (Å²) in [5.74, 6) is -0.723. The van der Waals surface area contributed by atoms with Gasteiger partial charge in [0.2, 0.25) is 10.0 Å². The molecule has 0 saturated carbocycles. The molecule has 1 aromatic carbocycles. The van der Waals surface area contributed by atoms with E-state index in [9.17, 15) is 21.6 Å². The minimum absolute atomic E-state index is 0. The van der Waals surface area contributed by atoms with E-state index >= 15 is 0 Å². The van der Waals surface area contributed by atoms with E-state index in [1.54, 1.807) is 0 Å². The number of hydrogen-bond acceptors (Lipinski definition) is 4. The third kappa shape index (κ3) is 4.00. The quantitative estimate of drug-likeness (QED) is 0.899. The van der Waals surface area contributed by atoms with Gasteiger partial charge in [-0.1, -0.05) is 12.1 Å². The highest BCUT2D eigenvalue weighted by Gasteiger charge is 2.37. The number of benzene rings is 1. The van der Waals surface area contributed by atoms with Crippen molar-refractivity contribution in [1.82, 2.24) is 9.62 Å². The summed E-state index contributed by atoms with van der Waals surface area (Å²) in [6.45, 7) is 0.941. The number of likely N-dealkylation sites (N-methyl/N-ethyl adjacent to an activating group) is 1. The first-order valence-corrected chi connectivity index (χ1v) is 7.19. The summed E-state index contributed by atoms with van der Waals surface area (Å²) in [5.41, 5.74) is 0. The molecule has 1 N–H and O–H groups in total. The third-order valence-electron chi connectivity index (χ3n) is 3.01. The molecule has 1 aromatic rings. The van der Waals surface area contributed by atoms with E-state index in [4.69, 9.17) is 0 Å². The fraction of sp³-hybridized carbons (Fsp3) is 0.455. The lowest BCUT2D eigenvalue weighted by molar-refractivity contribution is -0.275. The van der Waals surface area contributed by atoms with E-state index in [2.05, 4.69) is 10.1 Å². The molecule has 21 heavy (non-hydrogen) atoms. The zero-order valence-corrected chi connectivity index (χ0v) is 12.6. The molecule has 0 spiro atoms. The van der Waals surface area contributed by atoms with Crippen LogP contribution in [0.4, 0.5) is 13.2 Å². The fourth-order valence-corrected chi connectivity index (χ4v) is 3.22. The lowest BCUT2D eigenvalue weighted by atomic mass is 10.2. The van der Waals surface area contributed by atoms with Crippen LogP contribution in [-0.2, 0) is 10.0 Å². The summed E-state index contributed by atoms with van der Waals surface area (Å²) in [6, 6.07) is 4.44. The Kier molecular flexibility index (Phi) is 5.48. The Morgan fingerprint density at radius 1 is 1.29 bits per heavy atom. The second kappa shape index (κ2) is 6.39. The lowest BCUT2D eigenvalue weighted by Gasteiger charge is -2.34. The van der Waals surface area contributed by atoms with Crippen molar-refractivity contribution in [1.29, 1.82) is 0 Å². The first-order chi connectivity index (χ1) is 9.22. The van der Waals surface area contributed by atoms with E-state index in [0.717, 1.165) is 16.4 Å². The number of sulfonamides is 1. The predicted molar refractivity (Wildman–Crippen MR) is 72.0 cm³/mol. The first kappa shape index (κ1) is 18.0. The number of nitrogens with one attached hydrogen (secondary N) is 1. The zero-order chi connectivity index (χ0) is 15.0. The number of rotatable bonds is 4. The van der Waals surface area contributed by atoms with Gasteiger partial charge in [-0.05, 0) is 12.1 Å². The maximum absolute atomic E-state index is 12.3. The molecule has 1 aliphatic heterocycles. The van der Waals surface area contributed by atoms with Crippen LogP contribution < -0.4 is 10.1 Å². The monoisotopic (exact) mass is 346 g/mol. The zero-order valence-electron chi connectivity index (χ0n) is 10.9. The Morgan fingerprint density at radius 2 is 1.86 bits per heavy atom. The fourth-order valence-electron chi connectivity index (χ4n) is 1.75. The maximum Gasteiger partial charge on any atom is 0.573 e. The molecule has 1 heterocycles. The summed E-state index contributed by atoms with van der Waals surface area (Å²) in [4.78, 5) is -0.494. The van der Waals surface area contributed by atoms with Crippen LogP contribution in [-0.4, -0.2) is 45.3 Å². The van der Waals surface area contributed by atoms with E-state index in [1.165, 1.54) is 19.2 Å². The molecule has 0 atom stereocenters. The molecular weight excluding hydrogens is 333 g/mol. The van der Waals surface area contributed by atoms with Crippen molar-refractivity contribution in [2.45, 2.75) is 17.3 Å². The Labute approximate surface area is 126 Å². The molecular formula is C11H14ClF3N2O3S. The number of ether oxygens (including phenoxy) is 1. The molecule has 0 unspecified atom stereocenters. The van der Waals surface area contributed by atoms with Crippen LogP contribution in [0.15, 0.2) is 29.2 Å². The van der Waals surface area contributed by atoms with Gasteiger partial charge in [0.05, 0.1) is 0 Å². The predicted octanol–water partition coefficient (Wildman–Crippen LogP) is 1.60. The summed E-state index contributed by atoms with van der Waals surface area (Å²) < 4.78 is 66.4. The van der Waals surface area contributed by atoms with Crippen molar-refractivity contribution in [3.05, 3.63) is 24.3 Å². The van der Waals surface area contributed by atoms with Gasteiger partial charge in [0.25, 0.3) is 0 Å². The van der Waals surface area contributed by atoms with Crippen LogP contribution in [0.1, 0.15) is 0 Å². The van der Waals surface area contributed by atoms with E-state index < -0.39 is 27.0 Å². The number of para-hydroxylation sites is 1. The second-order valence-electron chi connectivity index (χ2n) is 4.33. The SMILES string of the molecule is CN(C1CNC1)S(=O)(=O)c1ccccc1OC(F)(F)F.Cl. The topological polar surface area (TPSA) is 58.6 Å². The van der Waals surface area contributed by atoms with Gasteiger partial charge in [-0.3, -0.25) is 0 Å². The van der Waals surface area contributed by atoms with Crippen LogP contribution in [0, 0.1) is 0 Å². The molecule has 0 aromatic heterocycles. The molecule has 1 saturated heterocycles. The molecule has 0 bridgehead atoms. The van der Waals surface area contributed by atoms with Gasteiger partial charge in [0, 0.05) is 26.2 Å². The van der Waals surface area contributed by atoms with Crippen molar-refractivity contribution >= 4 is 22.4 Å². The number of alkyl halides is 3. The number of hydrogen-bond donors (Lipinski definition) is 1. The normalized spacial score (nSPS) is 16.2. The number of nitrogens with zero attached hydrogens (tertiary/aromatic N) is 1. The van der Waals surface area contributed by atoms with Gasteiger partial charge in [0.15, 0.2) is 0 Å². The van der Waals surface area contributed by atoms with E-state index in [0.29, 0.717) is 13.1 Å². The van der Waals surface area contributed by atoms with Crippen LogP contribution in [0.25, 0.3) is 0 Å². The highest BCUT2D eigenvalue weighted by atomic mass is 35.5. The Hall–Kier alpha value is -1.03. The molecule has 1 aliphatic rings. The van der Waals surface area contributed by atoms with Gasteiger partial charge in [-0.2, -0.15) is 4.31 Å². The van der Waals surface area contributed by atoms with Gasteiger partial charge in [-0.15, -0.1) is 25.6 Å². The Morgan fingerprint density at radius 3 is 2.33 bits per heavy atom. The van der Waals surface area contributed by atoms with Crippen molar-refractivity contribution in [3.63, 3.8) is 0 Å². The highest BCUT2D eigenvalue weighted by Crippen LogP contribution is 2.31. The third-order valence-corrected chi connectivity index (χ3v) is 4.96. The average Bonchev–Trinajstić information content (AvgIpc) is 2.24. The minimum Gasteiger partial charge on any atom is -0.404 e. The van der Waals surface area contributed by atoms with Crippen molar-refractivity contribution in [2.75, 3.05) is 20.1 Å². The molecule has 2 rings (SSSR count). The van der Waals surface area contributed by atoms with Crippen molar-refractivity contribution in [2.24, 2.45) is 0 Å². The maximum atomic E-state index is 12.3. The summed E-state index contributed by atoms with van der Waals surface area (Å²) >= 11 is 0. The summed E-state index contributed by atoms with van der Waals surface area (Å²) in [5, 5.41) is 2.90. The van der Waals surface area contributed by atoms with Gasteiger partial charge < -0.3 is 10.1 Å². The Balaban J connectivity index is 0.00000220. The van der Waals surface area contributed by atoms with Crippen molar-refractivity contribution < 1.29 is 26.3 Å². The summed E-state index contributed by atoms with van der Waals surface area (Å²) in [7, 11) is -2.70. The lowest BCUT2D eigenvalue weighted by Crippen LogP contribution is -2.57. The molecule has 0 amide bonds. The number of halogens is 4. The standard InChI is InChI=1S/C11H13F3N2O3S.ClH/c1-16(8-6-15-7-8)20(17,18)10-5-3-2-4-9(10)19-11(12,13)14;/h2-5,8,15H,6-7H2,1H3;1H. The van der Waals surface area contributed by atoms with Crippen LogP contribution in [0.5, 0.6) is 5.75 Å². The van der Waals surface area contributed by atoms with Crippen molar-refractivity contribution in [3.8, 4) is 5.75 Å². The van der Waals surface area contributed by atoms with Crippen LogP contribution in [0.2, 0.25) is 0 Å². The minimum atomic E-state index is -4.94. The van der Waals surface area contributed by atoms with E-state index in [-0.39, 0.29) is 18.4 Å². The highest BCUT2D eigenvalue weighted by molar-refractivity contribution is 7.89. The van der Waals surface area contributed by atoms with E-state index in [1.807, 2.05) is 0 Å². The van der Waals surface area contributed by atoms with Crippen LogP contribution in [0.3, 0.4) is 0 Å². The molecule has 0 radical (unpaired) electrons. The smallest absolute Gasteiger partial charge is 0.404 e. The molecule has 0 aliphatic carbocycles. The molecule has 120 valence electrons. The molecule has 10 heteroatoms. The van der Waals surface area contributed by atoms with Gasteiger partial charge in [0.1, 0.15) is 10.6 Å². The second-order valence-corrected chi connectivity index (χ2v) is 6.29. The Bertz CT molecular complexity index is 591. The van der Waals surface area contributed by atoms with Gasteiger partial charge >= 0.3 is 6.36 Å². The van der Waals surface area contributed by atoms with Gasteiger partial charge in [-0.25, -0.2) is 8.42 Å². The summed E-state index contributed by atoms with van der Waals surface area (Å²) in [6.07, 6.45) is -4.94. The average molecular weight is 347 g/mol. The van der Waals surface area contributed by atoms with Crippen LogP contribution >= 0.6 is 12.4 Å². The largest absolute Gasteiger partial charge is 0.573 e. The molecule has 5 nitrogen and oxygen atoms in total. The molecule has 1 fully saturated rings.